The normalized spacial score (nSPS) is 11.2. The smallest absolute Gasteiger partial charge is 0.295 e. The number of nitro groups is 1. The Kier molecular flexibility index (Phi) is 3.43. The number of anilines is 1. The fourth-order valence-corrected chi connectivity index (χ4v) is 2.47. The maximum atomic E-state index is 11.4. The highest BCUT2D eigenvalue weighted by molar-refractivity contribution is 7.86. The van der Waals surface area contributed by atoms with Crippen molar-refractivity contribution in [1.82, 2.24) is 0 Å². The SMILES string of the molecule is Nc1ccc(-c2ccc([N+](=O)[O-])cc2S(=O)(=O)O)cc1. The van der Waals surface area contributed by atoms with Gasteiger partial charge in [-0.05, 0) is 23.8 Å². The summed E-state index contributed by atoms with van der Waals surface area (Å²) in [7, 11) is -4.58. The number of hydrogen-bond donors (Lipinski definition) is 2. The predicted octanol–water partition coefficient (Wildman–Crippen LogP) is 2.09. The first kappa shape index (κ1) is 14.0. The summed E-state index contributed by atoms with van der Waals surface area (Å²) >= 11 is 0. The van der Waals surface area contributed by atoms with E-state index in [-0.39, 0.29) is 5.56 Å². The minimum atomic E-state index is -4.58. The van der Waals surface area contributed by atoms with E-state index in [0.29, 0.717) is 11.3 Å². The van der Waals surface area contributed by atoms with Crippen LogP contribution in [-0.4, -0.2) is 17.9 Å². The highest BCUT2D eigenvalue weighted by atomic mass is 32.2. The second-order valence-electron chi connectivity index (χ2n) is 4.03. The molecule has 0 saturated carbocycles. The maximum Gasteiger partial charge on any atom is 0.295 e. The molecule has 3 N–H and O–H groups in total. The lowest BCUT2D eigenvalue weighted by molar-refractivity contribution is -0.385. The molecule has 0 unspecified atom stereocenters. The van der Waals surface area contributed by atoms with Crippen LogP contribution < -0.4 is 5.73 Å². The summed E-state index contributed by atoms with van der Waals surface area (Å²) in [4.78, 5) is 9.43. The summed E-state index contributed by atoms with van der Waals surface area (Å²) < 4.78 is 32.0. The molecule has 0 radical (unpaired) electrons. The van der Waals surface area contributed by atoms with Gasteiger partial charge < -0.3 is 5.73 Å². The molecular formula is C12H10N2O5S. The van der Waals surface area contributed by atoms with Crippen LogP contribution in [0.15, 0.2) is 47.4 Å². The van der Waals surface area contributed by atoms with Crippen molar-refractivity contribution < 1.29 is 17.9 Å². The van der Waals surface area contributed by atoms with Gasteiger partial charge >= 0.3 is 0 Å². The summed E-state index contributed by atoms with van der Waals surface area (Å²) in [5, 5.41) is 10.7. The Morgan fingerprint density at radius 3 is 2.20 bits per heavy atom. The lowest BCUT2D eigenvalue weighted by Crippen LogP contribution is -2.02. The lowest BCUT2D eigenvalue weighted by Gasteiger charge is -2.07. The van der Waals surface area contributed by atoms with Crippen LogP contribution in [0.5, 0.6) is 0 Å². The van der Waals surface area contributed by atoms with Gasteiger partial charge in [-0.15, -0.1) is 0 Å². The molecule has 2 aromatic carbocycles. The zero-order chi connectivity index (χ0) is 14.9. The zero-order valence-corrected chi connectivity index (χ0v) is 10.9. The standard InChI is InChI=1S/C12H10N2O5S/c13-9-3-1-8(2-4-9)11-6-5-10(14(15)16)7-12(11)20(17,18)19/h1-7H,13H2,(H,17,18,19). The molecule has 0 aromatic heterocycles. The van der Waals surface area contributed by atoms with Crippen molar-refractivity contribution >= 4 is 21.5 Å². The number of rotatable bonds is 3. The first-order valence-electron chi connectivity index (χ1n) is 5.41. The van der Waals surface area contributed by atoms with Crippen LogP contribution in [0.2, 0.25) is 0 Å². The van der Waals surface area contributed by atoms with Crippen LogP contribution >= 0.6 is 0 Å². The largest absolute Gasteiger partial charge is 0.399 e. The number of benzene rings is 2. The number of non-ortho nitro benzene ring substituents is 1. The summed E-state index contributed by atoms with van der Waals surface area (Å²) in [5.74, 6) is 0. The van der Waals surface area contributed by atoms with Crippen LogP contribution in [0.25, 0.3) is 11.1 Å². The van der Waals surface area contributed by atoms with Crippen molar-refractivity contribution in [3.63, 3.8) is 0 Å². The van der Waals surface area contributed by atoms with E-state index in [0.717, 1.165) is 6.07 Å². The molecular weight excluding hydrogens is 284 g/mol. The van der Waals surface area contributed by atoms with Crippen LogP contribution in [0.1, 0.15) is 0 Å². The van der Waals surface area contributed by atoms with E-state index < -0.39 is 25.6 Å². The fourth-order valence-electron chi connectivity index (χ4n) is 1.74. The minimum Gasteiger partial charge on any atom is -0.399 e. The van der Waals surface area contributed by atoms with Gasteiger partial charge in [0.1, 0.15) is 4.90 Å². The first-order chi connectivity index (χ1) is 9.29. The van der Waals surface area contributed by atoms with Gasteiger partial charge in [-0.25, -0.2) is 0 Å². The molecule has 8 heteroatoms. The highest BCUT2D eigenvalue weighted by Gasteiger charge is 2.20. The van der Waals surface area contributed by atoms with Gasteiger partial charge in [0.15, 0.2) is 0 Å². The third kappa shape index (κ3) is 2.76. The fraction of sp³-hybridized carbons (Fsp3) is 0. The molecule has 2 rings (SSSR count). The minimum absolute atomic E-state index is 0.165. The number of nitrogens with two attached hydrogens (primary N) is 1. The van der Waals surface area contributed by atoms with Gasteiger partial charge in [0.2, 0.25) is 0 Å². The molecule has 0 aliphatic rings. The molecule has 0 aliphatic carbocycles. The first-order valence-corrected chi connectivity index (χ1v) is 6.85. The Morgan fingerprint density at radius 1 is 1.10 bits per heavy atom. The van der Waals surface area contributed by atoms with Crippen molar-refractivity contribution in [1.29, 1.82) is 0 Å². The van der Waals surface area contributed by atoms with E-state index in [9.17, 15) is 23.1 Å². The Balaban J connectivity index is 2.70. The van der Waals surface area contributed by atoms with E-state index in [2.05, 4.69) is 0 Å². The summed E-state index contributed by atoms with van der Waals surface area (Å²) in [6.07, 6.45) is 0. The molecule has 7 nitrogen and oxygen atoms in total. The monoisotopic (exact) mass is 294 g/mol. The Morgan fingerprint density at radius 2 is 1.70 bits per heavy atom. The van der Waals surface area contributed by atoms with E-state index in [1.807, 2.05) is 0 Å². The zero-order valence-electron chi connectivity index (χ0n) is 10.1. The predicted molar refractivity (Wildman–Crippen MR) is 72.8 cm³/mol. The van der Waals surface area contributed by atoms with Gasteiger partial charge in [0, 0.05) is 23.4 Å². The molecule has 0 heterocycles. The third-order valence-electron chi connectivity index (χ3n) is 2.68. The second-order valence-corrected chi connectivity index (χ2v) is 5.42. The van der Waals surface area contributed by atoms with E-state index >= 15 is 0 Å². The van der Waals surface area contributed by atoms with Crippen LogP contribution in [-0.2, 0) is 10.1 Å². The van der Waals surface area contributed by atoms with Gasteiger partial charge in [-0.3, -0.25) is 14.7 Å². The highest BCUT2D eigenvalue weighted by Crippen LogP contribution is 2.31. The molecule has 0 saturated heterocycles. The second kappa shape index (κ2) is 4.91. The number of nitrogen functional groups attached to an aromatic ring is 1. The van der Waals surface area contributed by atoms with E-state index in [1.165, 1.54) is 12.1 Å². The van der Waals surface area contributed by atoms with Crippen LogP contribution in [0.3, 0.4) is 0 Å². The van der Waals surface area contributed by atoms with Crippen molar-refractivity contribution in [2.75, 3.05) is 5.73 Å². The van der Waals surface area contributed by atoms with Crippen molar-refractivity contribution in [3.05, 3.63) is 52.6 Å². The van der Waals surface area contributed by atoms with Crippen molar-refractivity contribution in [2.24, 2.45) is 0 Å². The molecule has 0 fully saturated rings. The molecule has 0 amide bonds. The third-order valence-corrected chi connectivity index (χ3v) is 3.57. The maximum absolute atomic E-state index is 11.4. The Bertz CT molecular complexity index is 769. The average Bonchev–Trinajstić information content (AvgIpc) is 2.38. The summed E-state index contributed by atoms with van der Waals surface area (Å²) in [6.45, 7) is 0. The average molecular weight is 294 g/mol. The summed E-state index contributed by atoms with van der Waals surface area (Å²) in [5.41, 5.74) is 6.24. The van der Waals surface area contributed by atoms with Crippen LogP contribution in [0, 0.1) is 10.1 Å². The van der Waals surface area contributed by atoms with Crippen molar-refractivity contribution in [3.8, 4) is 11.1 Å². The molecule has 0 atom stereocenters. The lowest BCUT2D eigenvalue weighted by atomic mass is 10.0. The Hall–Kier alpha value is -2.45. The molecule has 0 aliphatic heterocycles. The molecule has 104 valence electrons. The van der Waals surface area contributed by atoms with Crippen LogP contribution in [0.4, 0.5) is 11.4 Å². The van der Waals surface area contributed by atoms with Crippen molar-refractivity contribution in [2.45, 2.75) is 4.90 Å². The number of nitro benzene ring substituents is 1. The van der Waals surface area contributed by atoms with E-state index in [4.69, 9.17) is 5.73 Å². The molecule has 0 spiro atoms. The number of hydrogen-bond acceptors (Lipinski definition) is 5. The Labute approximate surface area is 114 Å². The van der Waals surface area contributed by atoms with Gasteiger partial charge in [0.05, 0.1) is 4.92 Å². The summed E-state index contributed by atoms with van der Waals surface area (Å²) in [6, 6.07) is 9.50. The van der Waals surface area contributed by atoms with E-state index in [1.54, 1.807) is 24.3 Å². The molecule has 0 bridgehead atoms. The van der Waals surface area contributed by atoms with Gasteiger partial charge in [-0.2, -0.15) is 8.42 Å². The van der Waals surface area contributed by atoms with Gasteiger partial charge in [0.25, 0.3) is 15.8 Å². The molecule has 2 aromatic rings. The quantitative estimate of drug-likeness (QED) is 0.386. The number of nitrogens with zero attached hydrogens (tertiary/aromatic N) is 1. The van der Waals surface area contributed by atoms with Gasteiger partial charge in [-0.1, -0.05) is 12.1 Å². The molecule has 20 heavy (non-hydrogen) atoms. The topological polar surface area (TPSA) is 124 Å².